The van der Waals surface area contributed by atoms with Gasteiger partial charge >= 0.3 is 6.03 Å². The Hall–Kier alpha value is -2.83. The van der Waals surface area contributed by atoms with Crippen LogP contribution in [-0.4, -0.2) is 44.9 Å². The van der Waals surface area contributed by atoms with Gasteiger partial charge in [0.05, 0.1) is 25.7 Å². The van der Waals surface area contributed by atoms with E-state index in [4.69, 9.17) is 4.74 Å². The number of rotatable bonds is 5. The standard InChI is InChI=1S/C18H22N4O3/c1-13-14(5-4-6-16(13)25-3)9-21-8-7-17(23)22(18(21)24)11-15-10-20(2)12-19-15/h4-6,10,12H,7-9,11H2,1-3H3. The molecule has 0 spiro atoms. The predicted octanol–water partition coefficient (Wildman–Crippen LogP) is 2.09. The molecule has 7 heteroatoms. The maximum Gasteiger partial charge on any atom is 0.327 e. The molecule has 1 aliphatic rings. The van der Waals surface area contributed by atoms with E-state index >= 15 is 0 Å². The van der Waals surface area contributed by atoms with Gasteiger partial charge in [-0.25, -0.2) is 9.78 Å². The zero-order valence-corrected chi connectivity index (χ0v) is 14.7. The van der Waals surface area contributed by atoms with E-state index in [1.54, 1.807) is 22.9 Å². The lowest BCUT2D eigenvalue weighted by atomic mass is 10.1. The van der Waals surface area contributed by atoms with Crippen molar-refractivity contribution in [2.75, 3.05) is 13.7 Å². The molecule has 3 rings (SSSR count). The van der Waals surface area contributed by atoms with Crippen LogP contribution in [0.4, 0.5) is 4.79 Å². The van der Waals surface area contributed by atoms with Gasteiger partial charge in [-0.15, -0.1) is 0 Å². The number of ether oxygens (including phenoxy) is 1. The second kappa shape index (κ2) is 6.96. The molecule has 0 N–H and O–H groups in total. The number of carbonyl (C=O) groups excluding carboxylic acids is 2. The first-order chi connectivity index (χ1) is 12.0. The zero-order chi connectivity index (χ0) is 18.0. The summed E-state index contributed by atoms with van der Waals surface area (Å²) in [6, 6.07) is 5.51. The lowest BCUT2D eigenvalue weighted by Crippen LogP contribution is -2.51. The Bertz CT molecular complexity index is 799. The Morgan fingerprint density at radius 3 is 2.72 bits per heavy atom. The number of benzene rings is 1. The molecule has 0 unspecified atom stereocenters. The van der Waals surface area contributed by atoms with Gasteiger partial charge in [-0.2, -0.15) is 0 Å². The summed E-state index contributed by atoms with van der Waals surface area (Å²) in [5, 5.41) is 0. The van der Waals surface area contributed by atoms with Gasteiger partial charge in [0.15, 0.2) is 0 Å². The van der Waals surface area contributed by atoms with Crippen LogP contribution in [0.25, 0.3) is 0 Å². The average molecular weight is 342 g/mol. The van der Waals surface area contributed by atoms with Crippen molar-refractivity contribution in [1.82, 2.24) is 19.4 Å². The number of aryl methyl sites for hydroxylation is 1. The number of hydrogen-bond acceptors (Lipinski definition) is 4. The number of imide groups is 1. The quantitative estimate of drug-likeness (QED) is 0.834. The molecule has 132 valence electrons. The van der Waals surface area contributed by atoms with E-state index in [0.717, 1.165) is 16.9 Å². The maximum atomic E-state index is 12.8. The molecular formula is C18H22N4O3. The molecule has 0 saturated carbocycles. The summed E-state index contributed by atoms with van der Waals surface area (Å²) in [6.45, 7) is 3.05. The molecule has 1 fully saturated rings. The Morgan fingerprint density at radius 2 is 2.04 bits per heavy atom. The fourth-order valence-corrected chi connectivity index (χ4v) is 3.01. The normalized spacial score (nSPS) is 15.0. The van der Waals surface area contributed by atoms with Crippen LogP contribution in [0.15, 0.2) is 30.7 Å². The lowest BCUT2D eigenvalue weighted by molar-refractivity contribution is -0.131. The van der Waals surface area contributed by atoms with Crippen LogP contribution in [0.1, 0.15) is 23.2 Å². The van der Waals surface area contributed by atoms with Crippen LogP contribution in [0.2, 0.25) is 0 Å². The van der Waals surface area contributed by atoms with Crippen molar-refractivity contribution < 1.29 is 14.3 Å². The average Bonchev–Trinajstić information content (AvgIpc) is 3.01. The minimum absolute atomic E-state index is 0.158. The number of nitrogens with zero attached hydrogens (tertiary/aromatic N) is 4. The number of amides is 3. The molecule has 0 atom stereocenters. The van der Waals surface area contributed by atoms with Crippen molar-refractivity contribution in [3.63, 3.8) is 0 Å². The third-order valence-corrected chi connectivity index (χ3v) is 4.45. The number of methoxy groups -OCH3 is 1. The summed E-state index contributed by atoms with van der Waals surface area (Å²) in [4.78, 5) is 32.2. The van der Waals surface area contributed by atoms with Crippen molar-refractivity contribution in [3.05, 3.63) is 47.5 Å². The monoisotopic (exact) mass is 342 g/mol. The van der Waals surface area contributed by atoms with Crippen LogP contribution in [0.5, 0.6) is 5.75 Å². The third-order valence-electron chi connectivity index (χ3n) is 4.45. The zero-order valence-electron chi connectivity index (χ0n) is 14.7. The van der Waals surface area contributed by atoms with Gasteiger partial charge in [0.2, 0.25) is 5.91 Å². The Morgan fingerprint density at radius 1 is 1.24 bits per heavy atom. The highest BCUT2D eigenvalue weighted by atomic mass is 16.5. The topological polar surface area (TPSA) is 67.7 Å². The summed E-state index contributed by atoms with van der Waals surface area (Å²) in [5.74, 6) is 0.637. The summed E-state index contributed by atoms with van der Waals surface area (Å²) in [5.41, 5.74) is 2.72. The van der Waals surface area contributed by atoms with Gasteiger partial charge in [0.25, 0.3) is 0 Å². The molecule has 1 aromatic heterocycles. The van der Waals surface area contributed by atoms with Crippen molar-refractivity contribution in [3.8, 4) is 5.75 Å². The van der Waals surface area contributed by atoms with E-state index in [1.165, 1.54) is 4.90 Å². The highest BCUT2D eigenvalue weighted by molar-refractivity contribution is 5.96. The number of urea groups is 1. The van der Waals surface area contributed by atoms with Crippen molar-refractivity contribution in [2.45, 2.75) is 26.4 Å². The molecular weight excluding hydrogens is 320 g/mol. The van der Waals surface area contributed by atoms with Crippen LogP contribution in [-0.2, 0) is 24.9 Å². The number of imidazole rings is 1. The predicted molar refractivity (Wildman–Crippen MR) is 91.9 cm³/mol. The highest BCUT2D eigenvalue weighted by Gasteiger charge is 2.32. The maximum absolute atomic E-state index is 12.8. The van der Waals surface area contributed by atoms with E-state index in [9.17, 15) is 9.59 Å². The van der Waals surface area contributed by atoms with Crippen LogP contribution >= 0.6 is 0 Å². The largest absolute Gasteiger partial charge is 0.496 e. The first-order valence-corrected chi connectivity index (χ1v) is 8.18. The summed E-state index contributed by atoms with van der Waals surface area (Å²) >= 11 is 0. The lowest BCUT2D eigenvalue weighted by Gasteiger charge is -2.34. The third kappa shape index (κ3) is 3.50. The summed E-state index contributed by atoms with van der Waals surface area (Å²) in [7, 11) is 3.49. The molecule has 2 heterocycles. The molecule has 1 aromatic carbocycles. The first-order valence-electron chi connectivity index (χ1n) is 8.18. The van der Waals surface area contributed by atoms with E-state index in [-0.39, 0.29) is 18.5 Å². The molecule has 7 nitrogen and oxygen atoms in total. The highest BCUT2D eigenvalue weighted by Crippen LogP contribution is 2.24. The van der Waals surface area contributed by atoms with Crippen molar-refractivity contribution in [1.29, 1.82) is 0 Å². The molecule has 1 aliphatic heterocycles. The number of hydrogen-bond donors (Lipinski definition) is 0. The van der Waals surface area contributed by atoms with E-state index in [1.807, 2.05) is 38.4 Å². The van der Waals surface area contributed by atoms with Crippen molar-refractivity contribution >= 4 is 11.9 Å². The van der Waals surface area contributed by atoms with Gasteiger partial charge < -0.3 is 14.2 Å². The minimum atomic E-state index is -0.274. The molecule has 0 aliphatic carbocycles. The van der Waals surface area contributed by atoms with Crippen LogP contribution in [0, 0.1) is 6.92 Å². The minimum Gasteiger partial charge on any atom is -0.496 e. The fraction of sp³-hybridized carbons (Fsp3) is 0.389. The van der Waals surface area contributed by atoms with Crippen LogP contribution in [0.3, 0.4) is 0 Å². The summed E-state index contributed by atoms with van der Waals surface area (Å²) in [6.07, 6.45) is 3.79. The molecule has 25 heavy (non-hydrogen) atoms. The SMILES string of the molecule is COc1cccc(CN2CCC(=O)N(Cc3cn(C)cn3)C2=O)c1C. The fourth-order valence-electron chi connectivity index (χ4n) is 3.01. The van der Waals surface area contributed by atoms with E-state index in [0.29, 0.717) is 25.2 Å². The first kappa shape index (κ1) is 17.0. The van der Waals surface area contributed by atoms with Gasteiger partial charge in [-0.05, 0) is 24.1 Å². The Labute approximate surface area is 146 Å². The Balaban J connectivity index is 1.77. The molecule has 2 aromatic rings. The van der Waals surface area contributed by atoms with Gasteiger partial charge in [0, 0.05) is 32.8 Å². The molecule has 1 saturated heterocycles. The second-order valence-electron chi connectivity index (χ2n) is 6.21. The van der Waals surface area contributed by atoms with E-state index in [2.05, 4.69) is 4.98 Å². The summed E-state index contributed by atoms with van der Waals surface area (Å²) < 4.78 is 7.14. The van der Waals surface area contributed by atoms with Gasteiger partial charge in [-0.3, -0.25) is 9.69 Å². The van der Waals surface area contributed by atoms with Gasteiger partial charge in [0.1, 0.15) is 5.75 Å². The molecule has 3 amide bonds. The molecule has 0 bridgehead atoms. The van der Waals surface area contributed by atoms with Gasteiger partial charge in [-0.1, -0.05) is 12.1 Å². The second-order valence-corrected chi connectivity index (χ2v) is 6.21. The number of aromatic nitrogens is 2. The Kier molecular flexibility index (Phi) is 4.74. The smallest absolute Gasteiger partial charge is 0.327 e. The number of carbonyl (C=O) groups is 2. The van der Waals surface area contributed by atoms with Crippen molar-refractivity contribution in [2.24, 2.45) is 7.05 Å². The van der Waals surface area contributed by atoms with Crippen LogP contribution < -0.4 is 4.74 Å². The molecule has 0 radical (unpaired) electrons. The van der Waals surface area contributed by atoms with E-state index < -0.39 is 0 Å².